The number of sulfonamides is 1. The molecule has 0 aliphatic rings. The van der Waals surface area contributed by atoms with Gasteiger partial charge in [-0.1, -0.05) is 18.2 Å². The lowest BCUT2D eigenvalue weighted by atomic mass is 10.3. The van der Waals surface area contributed by atoms with E-state index in [0.29, 0.717) is 18.1 Å². The van der Waals surface area contributed by atoms with Crippen LogP contribution in [-0.2, 0) is 10.0 Å². The maximum Gasteiger partial charge on any atom is 0.271 e. The third kappa shape index (κ3) is 4.28. The Labute approximate surface area is 150 Å². The Hall–Kier alpha value is -2.58. The molecule has 0 radical (unpaired) electrons. The molecule has 0 aliphatic heterocycles. The van der Waals surface area contributed by atoms with Crippen LogP contribution < -0.4 is 14.8 Å². The smallest absolute Gasteiger partial charge is 0.271 e. The second-order valence-corrected chi connectivity index (χ2v) is 7.88. The van der Waals surface area contributed by atoms with E-state index in [9.17, 15) is 8.42 Å². The van der Waals surface area contributed by atoms with Crippen LogP contribution in [0.2, 0.25) is 0 Å². The molecule has 0 fully saturated rings. The normalized spacial score (nSPS) is 11.1. The van der Waals surface area contributed by atoms with Crippen molar-refractivity contribution in [3.63, 3.8) is 0 Å². The summed E-state index contributed by atoms with van der Waals surface area (Å²) in [5.41, 5.74) is 1.20. The molecule has 0 aliphatic carbocycles. The molecule has 130 valence electrons. The van der Waals surface area contributed by atoms with Crippen LogP contribution in [0.25, 0.3) is 0 Å². The Morgan fingerprint density at radius 3 is 2.64 bits per heavy atom. The summed E-state index contributed by atoms with van der Waals surface area (Å²) in [5.74, 6) is 1.32. The molecule has 25 heavy (non-hydrogen) atoms. The fraction of sp³-hybridized carbons (Fsp3) is 0.118. The largest absolute Gasteiger partial charge is 0.492 e. The first-order chi connectivity index (χ1) is 12.1. The number of hydrogen-bond acceptors (Lipinski definition) is 6. The Balaban J connectivity index is 1.73. The number of ether oxygens (including phenoxy) is 1. The van der Waals surface area contributed by atoms with E-state index < -0.39 is 10.0 Å². The van der Waals surface area contributed by atoms with E-state index >= 15 is 0 Å². The summed E-state index contributed by atoms with van der Waals surface area (Å²) >= 11 is 1.16. The molecule has 0 unspecified atom stereocenters. The number of pyridine rings is 1. The number of nitrogens with one attached hydrogen (secondary N) is 2. The minimum atomic E-state index is -3.57. The fourth-order valence-corrected chi connectivity index (χ4v) is 4.18. The number of nitrogens with zero attached hydrogens (tertiary/aromatic N) is 1. The first-order valence-electron chi connectivity index (χ1n) is 7.60. The fourth-order valence-electron chi connectivity index (χ4n) is 2.14. The molecule has 3 rings (SSSR count). The molecule has 1 aromatic carbocycles. The molecule has 2 aromatic heterocycles. The standard InChI is InChI=1S/C17H17N3O3S2/c1-2-23-15-7-4-3-6-14(15)19-16-10-9-13(12-18-16)20-25(21,22)17-8-5-11-24-17/h3-12,20H,2H2,1H3,(H,18,19). The number of anilines is 3. The van der Waals surface area contributed by atoms with Crippen LogP contribution in [0.4, 0.5) is 17.2 Å². The number of hydrogen-bond donors (Lipinski definition) is 2. The van der Waals surface area contributed by atoms with Gasteiger partial charge < -0.3 is 10.1 Å². The van der Waals surface area contributed by atoms with Crippen molar-refractivity contribution in [2.24, 2.45) is 0 Å². The highest BCUT2D eigenvalue weighted by Gasteiger charge is 2.15. The van der Waals surface area contributed by atoms with Gasteiger partial charge in [-0.05, 0) is 42.6 Å². The van der Waals surface area contributed by atoms with E-state index in [1.807, 2.05) is 31.2 Å². The van der Waals surface area contributed by atoms with Gasteiger partial charge >= 0.3 is 0 Å². The van der Waals surface area contributed by atoms with Crippen molar-refractivity contribution in [3.8, 4) is 5.75 Å². The summed E-state index contributed by atoms with van der Waals surface area (Å²) in [6.45, 7) is 2.49. The van der Waals surface area contributed by atoms with Crippen LogP contribution in [0.1, 0.15) is 6.92 Å². The van der Waals surface area contributed by atoms with Crippen molar-refractivity contribution in [1.29, 1.82) is 0 Å². The summed E-state index contributed by atoms with van der Waals surface area (Å²) < 4.78 is 32.7. The van der Waals surface area contributed by atoms with Crippen molar-refractivity contribution in [2.75, 3.05) is 16.6 Å². The molecule has 2 heterocycles. The van der Waals surface area contributed by atoms with Crippen molar-refractivity contribution < 1.29 is 13.2 Å². The molecule has 0 atom stereocenters. The monoisotopic (exact) mass is 375 g/mol. The number of benzene rings is 1. The second kappa shape index (κ2) is 7.54. The summed E-state index contributed by atoms with van der Waals surface area (Å²) in [4.78, 5) is 4.25. The van der Waals surface area contributed by atoms with E-state index in [2.05, 4.69) is 15.0 Å². The maximum absolute atomic E-state index is 12.2. The summed E-state index contributed by atoms with van der Waals surface area (Å²) in [5, 5.41) is 4.88. The maximum atomic E-state index is 12.2. The Kier molecular flexibility index (Phi) is 5.20. The lowest BCUT2D eigenvalue weighted by Gasteiger charge is -2.12. The number of thiophene rings is 1. The van der Waals surface area contributed by atoms with Crippen molar-refractivity contribution >= 4 is 38.6 Å². The highest BCUT2D eigenvalue weighted by Crippen LogP contribution is 2.27. The highest BCUT2D eigenvalue weighted by atomic mass is 32.2. The SMILES string of the molecule is CCOc1ccccc1Nc1ccc(NS(=O)(=O)c2cccs2)cn1. The molecule has 3 aromatic rings. The lowest BCUT2D eigenvalue weighted by Crippen LogP contribution is -2.11. The lowest BCUT2D eigenvalue weighted by molar-refractivity contribution is 0.342. The van der Waals surface area contributed by atoms with E-state index in [1.54, 1.807) is 29.6 Å². The molecular weight excluding hydrogens is 358 g/mol. The number of para-hydroxylation sites is 2. The van der Waals surface area contributed by atoms with Crippen molar-refractivity contribution in [1.82, 2.24) is 4.98 Å². The van der Waals surface area contributed by atoms with Gasteiger partial charge in [0.25, 0.3) is 10.0 Å². The van der Waals surface area contributed by atoms with Gasteiger partial charge in [0.2, 0.25) is 0 Å². The van der Waals surface area contributed by atoms with Gasteiger partial charge in [0, 0.05) is 0 Å². The van der Waals surface area contributed by atoms with E-state index in [0.717, 1.165) is 22.8 Å². The van der Waals surface area contributed by atoms with Crippen LogP contribution in [0, 0.1) is 0 Å². The number of rotatable bonds is 7. The molecule has 0 saturated carbocycles. The van der Waals surface area contributed by atoms with Crippen LogP contribution >= 0.6 is 11.3 Å². The third-order valence-electron chi connectivity index (χ3n) is 3.23. The van der Waals surface area contributed by atoms with Gasteiger partial charge in [0.1, 0.15) is 15.8 Å². The Bertz CT molecular complexity index is 924. The van der Waals surface area contributed by atoms with Crippen molar-refractivity contribution in [3.05, 3.63) is 60.1 Å². The van der Waals surface area contributed by atoms with Gasteiger partial charge in [-0.2, -0.15) is 0 Å². The molecule has 0 amide bonds. The topological polar surface area (TPSA) is 80.3 Å². The summed E-state index contributed by atoms with van der Waals surface area (Å²) in [7, 11) is -3.57. The molecule has 6 nitrogen and oxygen atoms in total. The van der Waals surface area contributed by atoms with Crippen LogP contribution in [0.5, 0.6) is 5.75 Å². The average molecular weight is 375 g/mol. The zero-order valence-electron chi connectivity index (χ0n) is 13.5. The molecule has 8 heteroatoms. The predicted molar refractivity (Wildman–Crippen MR) is 100 cm³/mol. The van der Waals surface area contributed by atoms with Gasteiger partial charge in [0.05, 0.1) is 24.2 Å². The van der Waals surface area contributed by atoms with E-state index in [-0.39, 0.29) is 4.21 Å². The highest BCUT2D eigenvalue weighted by molar-refractivity contribution is 7.94. The zero-order valence-corrected chi connectivity index (χ0v) is 15.1. The molecular formula is C17H17N3O3S2. The van der Waals surface area contributed by atoms with Crippen LogP contribution in [-0.4, -0.2) is 20.0 Å². The molecule has 0 spiro atoms. The van der Waals surface area contributed by atoms with E-state index in [1.165, 1.54) is 6.20 Å². The predicted octanol–water partition coefficient (Wildman–Crippen LogP) is 4.09. The second-order valence-electron chi connectivity index (χ2n) is 5.02. The average Bonchev–Trinajstić information content (AvgIpc) is 3.14. The molecule has 0 saturated heterocycles. The Morgan fingerprint density at radius 2 is 1.96 bits per heavy atom. The van der Waals surface area contributed by atoms with Crippen molar-refractivity contribution in [2.45, 2.75) is 11.1 Å². The summed E-state index contributed by atoms with van der Waals surface area (Å²) in [6.07, 6.45) is 1.47. The van der Waals surface area contributed by atoms with Gasteiger partial charge in [-0.15, -0.1) is 11.3 Å². The minimum absolute atomic E-state index is 0.264. The van der Waals surface area contributed by atoms with Gasteiger partial charge in [-0.3, -0.25) is 4.72 Å². The quantitative estimate of drug-likeness (QED) is 0.650. The zero-order chi connectivity index (χ0) is 17.7. The minimum Gasteiger partial charge on any atom is -0.492 e. The van der Waals surface area contributed by atoms with E-state index in [4.69, 9.17) is 4.74 Å². The third-order valence-corrected chi connectivity index (χ3v) is 6.00. The first kappa shape index (κ1) is 17.2. The van der Waals surface area contributed by atoms with Gasteiger partial charge in [-0.25, -0.2) is 13.4 Å². The Morgan fingerprint density at radius 1 is 1.12 bits per heavy atom. The molecule has 2 N–H and O–H groups in total. The molecule has 0 bridgehead atoms. The summed E-state index contributed by atoms with van der Waals surface area (Å²) in [6, 6.07) is 14.2. The van der Waals surface area contributed by atoms with Crippen LogP contribution in [0.3, 0.4) is 0 Å². The van der Waals surface area contributed by atoms with Crippen LogP contribution in [0.15, 0.2) is 64.3 Å². The van der Waals surface area contributed by atoms with Gasteiger partial charge in [0.15, 0.2) is 0 Å². The number of aromatic nitrogens is 1. The first-order valence-corrected chi connectivity index (χ1v) is 9.96.